The van der Waals surface area contributed by atoms with E-state index >= 15 is 0 Å². The van der Waals surface area contributed by atoms with Crippen LogP contribution in [-0.2, 0) is 5.41 Å². The Morgan fingerprint density at radius 3 is 1.82 bits per heavy atom. The van der Waals surface area contributed by atoms with Crippen molar-refractivity contribution in [2.75, 3.05) is 0 Å². The minimum Gasteiger partial charge on any atom is -0.309 e. The van der Waals surface area contributed by atoms with Crippen LogP contribution in [-0.4, -0.2) is 14.1 Å². The van der Waals surface area contributed by atoms with Gasteiger partial charge in [0.15, 0.2) is 0 Å². The number of benzene rings is 9. The van der Waals surface area contributed by atoms with Gasteiger partial charge >= 0.3 is 0 Å². The van der Waals surface area contributed by atoms with Crippen LogP contribution in [0.25, 0.3) is 77.9 Å². The molecule has 3 nitrogen and oxygen atoms in total. The van der Waals surface area contributed by atoms with Crippen molar-refractivity contribution >= 4 is 32.8 Å². The van der Waals surface area contributed by atoms with Crippen molar-refractivity contribution in [3.63, 3.8) is 0 Å². The third kappa shape index (κ3) is 5.06. The first-order valence-electron chi connectivity index (χ1n) is 20.7. The fourth-order valence-corrected chi connectivity index (χ4v) is 9.99. The Hall–Kier alpha value is -7.75. The molecule has 0 saturated carbocycles. The van der Waals surface area contributed by atoms with Gasteiger partial charge in [-0.1, -0.05) is 163 Å². The van der Waals surface area contributed by atoms with Crippen molar-refractivity contribution in [3.8, 4) is 45.0 Å². The predicted octanol–water partition coefficient (Wildman–Crippen LogP) is 14.1. The molecule has 0 spiro atoms. The standard InChI is InChI=1S/C57H39N3/c1-38-24-29-42(30-25-38)57(43-31-35-54-49(37-43)47-19-9-12-22-53(47)59(54)44-16-6-3-7-17-44)50-20-10-8-18-46(50)48-36-41(28-34-51(48)57)39-26-32-45(33-27-39)60-55-23-13-11-21-52(55)58-56(60)40-14-4-2-5-15-40/h2-37H,1H3. The van der Waals surface area contributed by atoms with E-state index in [2.05, 4.69) is 234 Å². The lowest BCUT2D eigenvalue weighted by Gasteiger charge is -2.34. The molecule has 11 aromatic rings. The Morgan fingerprint density at radius 2 is 1.00 bits per heavy atom. The van der Waals surface area contributed by atoms with Gasteiger partial charge < -0.3 is 4.57 Å². The van der Waals surface area contributed by atoms with Crippen LogP contribution in [0.2, 0.25) is 0 Å². The predicted molar refractivity (Wildman–Crippen MR) is 248 cm³/mol. The molecule has 0 bridgehead atoms. The van der Waals surface area contributed by atoms with Crippen LogP contribution < -0.4 is 0 Å². The average Bonchev–Trinajstić information content (AvgIpc) is 3.96. The second-order valence-corrected chi connectivity index (χ2v) is 16.0. The van der Waals surface area contributed by atoms with Gasteiger partial charge in [0.1, 0.15) is 5.82 Å². The number of aryl methyl sites for hydroxylation is 1. The van der Waals surface area contributed by atoms with E-state index in [1.165, 1.54) is 71.9 Å². The van der Waals surface area contributed by atoms with Crippen molar-refractivity contribution in [1.29, 1.82) is 0 Å². The molecule has 1 atom stereocenters. The summed E-state index contributed by atoms with van der Waals surface area (Å²) in [4.78, 5) is 5.08. The quantitative estimate of drug-likeness (QED) is 0.165. The third-order valence-electron chi connectivity index (χ3n) is 12.7. The number of nitrogens with zero attached hydrogens (tertiary/aromatic N) is 3. The van der Waals surface area contributed by atoms with Crippen molar-refractivity contribution in [2.24, 2.45) is 0 Å². The topological polar surface area (TPSA) is 22.8 Å². The van der Waals surface area contributed by atoms with E-state index in [-0.39, 0.29) is 0 Å². The Bertz CT molecular complexity index is 3410. The highest BCUT2D eigenvalue weighted by Crippen LogP contribution is 2.57. The first-order chi connectivity index (χ1) is 29.7. The minimum atomic E-state index is -0.525. The summed E-state index contributed by atoms with van der Waals surface area (Å²) in [7, 11) is 0. The summed E-state index contributed by atoms with van der Waals surface area (Å²) in [5, 5.41) is 2.50. The molecule has 1 aliphatic rings. The van der Waals surface area contributed by atoms with Gasteiger partial charge in [0.05, 0.1) is 27.5 Å². The van der Waals surface area contributed by atoms with Gasteiger partial charge in [-0.05, 0) is 112 Å². The van der Waals surface area contributed by atoms with Crippen LogP contribution in [0.5, 0.6) is 0 Å². The van der Waals surface area contributed by atoms with E-state index in [0.29, 0.717) is 0 Å². The summed E-state index contributed by atoms with van der Waals surface area (Å²) in [5.41, 5.74) is 18.6. The zero-order valence-electron chi connectivity index (χ0n) is 33.1. The molecule has 1 unspecified atom stereocenters. The molecule has 2 aromatic heterocycles. The van der Waals surface area contributed by atoms with E-state index < -0.39 is 5.41 Å². The molecule has 1 aliphatic carbocycles. The van der Waals surface area contributed by atoms with Crippen LogP contribution in [0.4, 0.5) is 0 Å². The molecule has 0 aliphatic heterocycles. The van der Waals surface area contributed by atoms with Gasteiger partial charge in [-0.25, -0.2) is 4.98 Å². The van der Waals surface area contributed by atoms with Crippen molar-refractivity contribution < 1.29 is 0 Å². The molecule has 60 heavy (non-hydrogen) atoms. The van der Waals surface area contributed by atoms with Crippen molar-refractivity contribution in [3.05, 3.63) is 246 Å². The molecule has 0 saturated heterocycles. The van der Waals surface area contributed by atoms with Gasteiger partial charge in [-0.3, -0.25) is 4.57 Å². The summed E-state index contributed by atoms with van der Waals surface area (Å²) < 4.78 is 4.68. The van der Waals surface area contributed by atoms with E-state index in [0.717, 1.165) is 33.8 Å². The maximum atomic E-state index is 5.08. The van der Waals surface area contributed by atoms with E-state index in [1.807, 2.05) is 0 Å². The van der Waals surface area contributed by atoms with E-state index in [4.69, 9.17) is 4.98 Å². The number of fused-ring (bicyclic) bond motifs is 7. The SMILES string of the molecule is Cc1ccc(C2(c3ccc4c(c3)c3ccccc3n4-c3ccccc3)c3ccccc3-c3cc(-c4ccc(-n5c(-c6ccccc6)nc6ccccc65)cc4)ccc32)cc1. The Labute approximate surface area is 349 Å². The van der Waals surface area contributed by atoms with Gasteiger partial charge in [0.2, 0.25) is 0 Å². The Kier molecular flexibility index (Phi) is 7.66. The normalized spacial score (nSPS) is 14.5. The molecular formula is C57H39N3. The van der Waals surface area contributed by atoms with Gasteiger partial charge in [0, 0.05) is 27.7 Å². The minimum absolute atomic E-state index is 0.525. The monoisotopic (exact) mass is 765 g/mol. The van der Waals surface area contributed by atoms with Gasteiger partial charge in [-0.2, -0.15) is 0 Å². The van der Waals surface area contributed by atoms with E-state index in [9.17, 15) is 0 Å². The lowest BCUT2D eigenvalue weighted by molar-refractivity contribution is 0.769. The number of rotatable bonds is 6. The first-order valence-corrected chi connectivity index (χ1v) is 20.7. The highest BCUT2D eigenvalue weighted by molar-refractivity contribution is 6.10. The number of hydrogen-bond donors (Lipinski definition) is 0. The van der Waals surface area contributed by atoms with Crippen molar-refractivity contribution in [2.45, 2.75) is 12.3 Å². The molecule has 0 N–H and O–H groups in total. The van der Waals surface area contributed by atoms with E-state index in [1.54, 1.807) is 0 Å². The molecule has 0 fully saturated rings. The summed E-state index contributed by atoms with van der Waals surface area (Å²) in [5.74, 6) is 0.939. The molecular weight excluding hydrogens is 727 g/mol. The van der Waals surface area contributed by atoms with Crippen LogP contribution in [0, 0.1) is 6.92 Å². The zero-order chi connectivity index (χ0) is 39.8. The summed E-state index contributed by atoms with van der Waals surface area (Å²) >= 11 is 0. The lowest BCUT2D eigenvalue weighted by Crippen LogP contribution is -2.28. The second-order valence-electron chi connectivity index (χ2n) is 16.0. The highest BCUT2D eigenvalue weighted by Gasteiger charge is 2.46. The van der Waals surface area contributed by atoms with Crippen molar-refractivity contribution in [1.82, 2.24) is 14.1 Å². The van der Waals surface area contributed by atoms with Crippen LogP contribution in [0.1, 0.15) is 27.8 Å². The summed E-state index contributed by atoms with van der Waals surface area (Å²) in [6.45, 7) is 2.17. The summed E-state index contributed by atoms with van der Waals surface area (Å²) in [6, 6.07) is 79.9. The maximum absolute atomic E-state index is 5.08. The highest BCUT2D eigenvalue weighted by atomic mass is 15.1. The lowest BCUT2D eigenvalue weighted by atomic mass is 9.67. The van der Waals surface area contributed by atoms with Crippen LogP contribution >= 0.6 is 0 Å². The fraction of sp³-hybridized carbons (Fsp3) is 0.0351. The third-order valence-corrected chi connectivity index (χ3v) is 12.7. The molecule has 0 radical (unpaired) electrons. The van der Waals surface area contributed by atoms with Crippen LogP contribution in [0.15, 0.2) is 218 Å². The van der Waals surface area contributed by atoms with Crippen LogP contribution in [0.3, 0.4) is 0 Å². The maximum Gasteiger partial charge on any atom is 0.145 e. The Balaban J connectivity index is 1.04. The fourth-order valence-electron chi connectivity index (χ4n) is 9.99. The average molecular weight is 766 g/mol. The molecule has 9 aromatic carbocycles. The molecule has 0 amide bonds. The van der Waals surface area contributed by atoms with Gasteiger partial charge in [0.25, 0.3) is 0 Å². The number of aromatic nitrogens is 3. The molecule has 12 rings (SSSR count). The molecule has 282 valence electrons. The zero-order valence-corrected chi connectivity index (χ0v) is 33.1. The summed E-state index contributed by atoms with van der Waals surface area (Å²) in [6.07, 6.45) is 0. The second kappa shape index (κ2) is 13.4. The largest absolute Gasteiger partial charge is 0.309 e. The molecule has 3 heteroatoms. The number of para-hydroxylation sites is 4. The van der Waals surface area contributed by atoms with Gasteiger partial charge in [-0.15, -0.1) is 0 Å². The first kappa shape index (κ1) is 34.3. The molecule has 2 heterocycles. The number of imidazole rings is 1. The number of hydrogen-bond acceptors (Lipinski definition) is 1. The smallest absolute Gasteiger partial charge is 0.145 e. The Morgan fingerprint density at radius 1 is 0.383 bits per heavy atom.